The van der Waals surface area contributed by atoms with Crippen LogP contribution in [0.2, 0.25) is 0 Å². The van der Waals surface area contributed by atoms with Gasteiger partial charge in [-0.1, -0.05) is 12.1 Å². The smallest absolute Gasteiger partial charge is 0.101 e. The van der Waals surface area contributed by atoms with Crippen LogP contribution in [-0.2, 0) is 0 Å². The number of nitrogens with zero attached hydrogens (tertiary/aromatic N) is 2. The van der Waals surface area contributed by atoms with E-state index in [0.717, 1.165) is 17.8 Å². The summed E-state index contributed by atoms with van der Waals surface area (Å²) in [7, 11) is 0. The Morgan fingerprint density at radius 2 is 2.19 bits per heavy atom. The number of hydrogen-bond donors (Lipinski definition) is 0. The number of hydrogen-bond acceptors (Lipinski definition) is 2. The number of anilines is 1. The van der Waals surface area contributed by atoms with Crippen molar-refractivity contribution in [1.29, 1.82) is 5.26 Å². The molecule has 0 fully saturated rings. The van der Waals surface area contributed by atoms with Gasteiger partial charge in [0.25, 0.3) is 0 Å². The van der Waals surface area contributed by atoms with E-state index >= 15 is 0 Å². The second-order valence-electron chi connectivity index (χ2n) is 4.17. The van der Waals surface area contributed by atoms with Crippen LogP contribution in [0.3, 0.4) is 0 Å². The largest absolute Gasteiger partial charge is 0.364 e. The number of rotatable bonds is 4. The van der Waals surface area contributed by atoms with Crippen molar-refractivity contribution in [3.8, 4) is 6.07 Å². The maximum Gasteiger partial charge on any atom is 0.101 e. The van der Waals surface area contributed by atoms with Crippen LogP contribution in [0.5, 0.6) is 0 Å². The Morgan fingerprint density at radius 3 is 2.69 bits per heavy atom. The van der Waals surface area contributed by atoms with Crippen LogP contribution in [0.15, 0.2) is 30.9 Å². The van der Waals surface area contributed by atoms with E-state index in [0.29, 0.717) is 6.04 Å². The molecule has 0 saturated carbocycles. The summed E-state index contributed by atoms with van der Waals surface area (Å²) in [5.74, 6) is 0. The molecule has 0 radical (unpaired) electrons. The zero-order valence-electron chi connectivity index (χ0n) is 10.2. The van der Waals surface area contributed by atoms with E-state index in [2.05, 4.69) is 37.5 Å². The average molecular weight is 214 g/mol. The highest BCUT2D eigenvalue weighted by Crippen LogP contribution is 2.23. The summed E-state index contributed by atoms with van der Waals surface area (Å²) >= 11 is 0. The highest BCUT2D eigenvalue weighted by molar-refractivity contribution is 5.61. The zero-order chi connectivity index (χ0) is 12.1. The molecular formula is C14H18N2. The first-order valence-electron chi connectivity index (χ1n) is 5.48. The minimum absolute atomic E-state index is 0.354. The lowest BCUT2D eigenvalue weighted by Gasteiger charge is -2.28. The monoisotopic (exact) mass is 214 g/mol. The average Bonchev–Trinajstić information content (AvgIpc) is 2.25. The van der Waals surface area contributed by atoms with E-state index in [9.17, 15) is 0 Å². The van der Waals surface area contributed by atoms with E-state index in [-0.39, 0.29) is 0 Å². The van der Waals surface area contributed by atoms with Crippen LogP contribution < -0.4 is 4.90 Å². The van der Waals surface area contributed by atoms with Gasteiger partial charge in [-0.3, -0.25) is 0 Å². The highest BCUT2D eigenvalue weighted by Gasteiger charge is 2.13. The summed E-state index contributed by atoms with van der Waals surface area (Å²) in [6, 6.07) is 8.50. The molecule has 0 atom stereocenters. The molecule has 1 aromatic carbocycles. The summed E-state index contributed by atoms with van der Waals surface area (Å²) < 4.78 is 0. The maximum atomic E-state index is 9.11. The molecule has 2 heteroatoms. The minimum atomic E-state index is 0.354. The van der Waals surface area contributed by atoms with Gasteiger partial charge in [-0.25, -0.2) is 0 Å². The molecule has 1 aromatic rings. The van der Waals surface area contributed by atoms with Crippen molar-refractivity contribution in [2.24, 2.45) is 0 Å². The maximum absolute atomic E-state index is 9.11. The Kier molecular flexibility index (Phi) is 4.13. The molecule has 0 N–H and O–H groups in total. The van der Waals surface area contributed by atoms with Crippen molar-refractivity contribution in [2.45, 2.75) is 26.8 Å². The first-order valence-corrected chi connectivity index (χ1v) is 5.48. The topological polar surface area (TPSA) is 27.0 Å². The Hall–Kier alpha value is -1.75. The molecule has 0 heterocycles. The van der Waals surface area contributed by atoms with Crippen LogP contribution in [-0.4, -0.2) is 12.6 Å². The molecule has 84 valence electrons. The summed E-state index contributed by atoms with van der Waals surface area (Å²) in [6.45, 7) is 10.8. The molecule has 0 bridgehead atoms. The molecule has 0 aliphatic heterocycles. The van der Waals surface area contributed by atoms with Crippen molar-refractivity contribution >= 4 is 5.69 Å². The molecular weight excluding hydrogens is 196 g/mol. The van der Waals surface area contributed by atoms with E-state index in [1.165, 1.54) is 5.56 Å². The fourth-order valence-corrected chi connectivity index (χ4v) is 1.70. The van der Waals surface area contributed by atoms with Crippen molar-refractivity contribution < 1.29 is 0 Å². The van der Waals surface area contributed by atoms with Crippen LogP contribution in [0.4, 0.5) is 5.69 Å². The third kappa shape index (κ3) is 2.64. The standard InChI is InChI=1S/C14H18N2/c1-5-8-16(11(2)3)14-9-12(4)6-7-13(14)10-15/h5-7,9,11H,1,8H2,2-4H3. The van der Waals surface area contributed by atoms with Gasteiger partial charge in [-0.2, -0.15) is 5.26 Å². The van der Waals surface area contributed by atoms with Crippen LogP contribution in [0.25, 0.3) is 0 Å². The summed E-state index contributed by atoms with van der Waals surface area (Å²) in [4.78, 5) is 2.18. The second-order valence-corrected chi connectivity index (χ2v) is 4.17. The van der Waals surface area contributed by atoms with Crippen molar-refractivity contribution in [3.63, 3.8) is 0 Å². The Morgan fingerprint density at radius 1 is 1.50 bits per heavy atom. The molecule has 1 rings (SSSR count). The summed E-state index contributed by atoms with van der Waals surface area (Å²) in [6.07, 6.45) is 1.86. The number of benzene rings is 1. The van der Waals surface area contributed by atoms with Crippen LogP contribution in [0, 0.1) is 18.3 Å². The van der Waals surface area contributed by atoms with Gasteiger partial charge in [0.05, 0.1) is 11.3 Å². The predicted octanol–water partition coefficient (Wildman–Crippen LogP) is 3.27. The first-order chi connectivity index (χ1) is 7.60. The molecule has 0 amide bonds. The Balaban J connectivity index is 3.22. The summed E-state index contributed by atoms with van der Waals surface area (Å²) in [5, 5.41) is 9.11. The third-order valence-electron chi connectivity index (χ3n) is 2.53. The van der Waals surface area contributed by atoms with Gasteiger partial charge >= 0.3 is 0 Å². The highest BCUT2D eigenvalue weighted by atomic mass is 15.1. The van der Waals surface area contributed by atoms with Gasteiger partial charge < -0.3 is 4.90 Å². The van der Waals surface area contributed by atoms with Crippen molar-refractivity contribution in [3.05, 3.63) is 42.0 Å². The quantitative estimate of drug-likeness (QED) is 0.719. The molecule has 16 heavy (non-hydrogen) atoms. The van der Waals surface area contributed by atoms with Crippen LogP contribution in [0.1, 0.15) is 25.0 Å². The van der Waals surface area contributed by atoms with E-state index < -0.39 is 0 Å². The predicted molar refractivity (Wildman–Crippen MR) is 68.6 cm³/mol. The Labute approximate surface area is 97.8 Å². The van der Waals surface area contributed by atoms with E-state index in [1.54, 1.807) is 0 Å². The molecule has 2 nitrogen and oxygen atoms in total. The minimum Gasteiger partial charge on any atom is -0.364 e. The molecule has 0 saturated heterocycles. The normalized spacial score (nSPS) is 9.94. The lowest BCUT2D eigenvalue weighted by atomic mass is 10.1. The second kappa shape index (κ2) is 5.37. The van der Waals surface area contributed by atoms with Gasteiger partial charge in [0.15, 0.2) is 0 Å². The third-order valence-corrected chi connectivity index (χ3v) is 2.53. The lowest BCUT2D eigenvalue weighted by molar-refractivity contribution is 0.722. The fraction of sp³-hybridized carbons (Fsp3) is 0.357. The van der Waals surface area contributed by atoms with Gasteiger partial charge in [-0.05, 0) is 38.5 Å². The number of aryl methyl sites for hydroxylation is 1. The zero-order valence-corrected chi connectivity index (χ0v) is 10.2. The van der Waals surface area contributed by atoms with Gasteiger partial charge in [0.2, 0.25) is 0 Å². The van der Waals surface area contributed by atoms with Gasteiger partial charge in [0, 0.05) is 12.6 Å². The fourth-order valence-electron chi connectivity index (χ4n) is 1.70. The molecule has 0 unspecified atom stereocenters. The van der Waals surface area contributed by atoms with Crippen molar-refractivity contribution in [1.82, 2.24) is 0 Å². The van der Waals surface area contributed by atoms with Gasteiger partial charge in [-0.15, -0.1) is 6.58 Å². The van der Waals surface area contributed by atoms with E-state index in [1.807, 2.05) is 25.1 Å². The van der Waals surface area contributed by atoms with E-state index in [4.69, 9.17) is 5.26 Å². The molecule has 0 aliphatic carbocycles. The molecule has 0 spiro atoms. The van der Waals surface area contributed by atoms with Gasteiger partial charge in [0.1, 0.15) is 6.07 Å². The van der Waals surface area contributed by atoms with Crippen molar-refractivity contribution in [2.75, 3.05) is 11.4 Å². The molecule has 0 aromatic heterocycles. The van der Waals surface area contributed by atoms with Crippen LogP contribution >= 0.6 is 0 Å². The first kappa shape index (κ1) is 12.3. The lowest BCUT2D eigenvalue weighted by Crippen LogP contribution is -2.31. The molecule has 0 aliphatic rings. The summed E-state index contributed by atoms with van der Waals surface area (Å²) in [5.41, 5.74) is 2.89. The SMILES string of the molecule is C=CCN(c1cc(C)ccc1C#N)C(C)C. The number of nitriles is 1. The Bertz CT molecular complexity index is 413.